The molecule has 6 heteroatoms. The minimum absolute atomic E-state index is 0.0469. The molecule has 0 amide bonds. The van der Waals surface area contributed by atoms with E-state index in [0.29, 0.717) is 17.1 Å². The monoisotopic (exact) mass is 298 g/mol. The van der Waals surface area contributed by atoms with Crippen molar-refractivity contribution in [3.63, 3.8) is 0 Å². The molecule has 2 atom stereocenters. The summed E-state index contributed by atoms with van der Waals surface area (Å²) in [6.45, 7) is 0. The highest BCUT2D eigenvalue weighted by atomic mass is 19.1. The zero-order chi connectivity index (χ0) is 15.7. The molecule has 0 radical (unpaired) electrons. The van der Waals surface area contributed by atoms with E-state index in [4.69, 9.17) is 0 Å². The second-order valence-electron chi connectivity index (χ2n) is 5.54. The smallest absolute Gasteiger partial charge is 0.253 e. The summed E-state index contributed by atoms with van der Waals surface area (Å²) in [5.41, 5.74) is 0.724. The maximum absolute atomic E-state index is 13.3. The van der Waals surface area contributed by atoms with E-state index in [1.54, 1.807) is 13.1 Å². The number of hydrogen-bond donors (Lipinski definition) is 0. The molecule has 1 saturated carbocycles. The van der Waals surface area contributed by atoms with Crippen molar-refractivity contribution in [2.45, 2.75) is 25.2 Å². The first-order chi connectivity index (χ1) is 10.6. The van der Waals surface area contributed by atoms with E-state index >= 15 is 0 Å². The van der Waals surface area contributed by atoms with Crippen LogP contribution in [-0.2, 0) is 7.05 Å². The zero-order valence-corrected chi connectivity index (χ0v) is 12.2. The van der Waals surface area contributed by atoms with Crippen LogP contribution in [0.25, 0.3) is 11.3 Å². The first kappa shape index (κ1) is 14.4. The average molecular weight is 298 g/mol. The summed E-state index contributed by atoms with van der Waals surface area (Å²) in [7, 11) is 1.66. The van der Waals surface area contributed by atoms with E-state index in [-0.39, 0.29) is 17.4 Å². The van der Waals surface area contributed by atoms with Crippen LogP contribution in [0.2, 0.25) is 0 Å². The van der Waals surface area contributed by atoms with Gasteiger partial charge in [0.25, 0.3) is 5.56 Å². The molecule has 2 aromatic heterocycles. The fourth-order valence-corrected chi connectivity index (χ4v) is 3.02. The zero-order valence-electron chi connectivity index (χ0n) is 12.2. The molecule has 0 spiro atoms. The molecule has 2 heterocycles. The quantitative estimate of drug-likeness (QED) is 0.798. The Morgan fingerprint density at radius 2 is 2.23 bits per heavy atom. The van der Waals surface area contributed by atoms with Gasteiger partial charge in [-0.3, -0.25) is 9.36 Å². The molecule has 1 aliphatic rings. The van der Waals surface area contributed by atoms with Crippen molar-refractivity contribution in [3.05, 3.63) is 46.5 Å². The van der Waals surface area contributed by atoms with Crippen LogP contribution in [0.4, 0.5) is 4.39 Å². The van der Waals surface area contributed by atoms with Gasteiger partial charge in [0.05, 0.1) is 17.7 Å². The number of halogens is 1. The lowest BCUT2D eigenvalue weighted by Crippen LogP contribution is -2.25. The van der Waals surface area contributed by atoms with Gasteiger partial charge in [-0.15, -0.1) is 0 Å². The Balaban J connectivity index is 2.12. The van der Waals surface area contributed by atoms with Crippen LogP contribution in [0.5, 0.6) is 0 Å². The molecule has 1 unspecified atom stereocenters. The molecule has 0 N–H and O–H groups in total. The third-order valence-electron chi connectivity index (χ3n) is 4.21. The molecule has 112 valence electrons. The summed E-state index contributed by atoms with van der Waals surface area (Å²) in [6.07, 6.45) is 3.96. The standard InChI is InChI=1S/C16H15FN4O/c1-21-15(22)8-13(10-5-6-19-14(17)7-10)20-16(21)12-4-2-3-11(12)9-18/h5-8,11-12H,2-4H2,1H3/t11?,12-/m0/s1. The highest BCUT2D eigenvalue weighted by Gasteiger charge is 2.31. The molecule has 0 saturated heterocycles. The summed E-state index contributed by atoms with van der Waals surface area (Å²) in [5, 5.41) is 9.26. The fourth-order valence-electron chi connectivity index (χ4n) is 3.02. The Bertz CT molecular complexity index is 809. The predicted octanol–water partition coefficient (Wildman–Crippen LogP) is 2.39. The highest BCUT2D eigenvalue weighted by molar-refractivity contribution is 5.57. The van der Waals surface area contributed by atoms with Crippen LogP contribution in [0.1, 0.15) is 31.0 Å². The van der Waals surface area contributed by atoms with Crippen LogP contribution in [0.3, 0.4) is 0 Å². The van der Waals surface area contributed by atoms with Gasteiger partial charge in [0.15, 0.2) is 0 Å². The molecule has 0 bridgehead atoms. The maximum atomic E-state index is 13.3. The van der Waals surface area contributed by atoms with Crippen molar-refractivity contribution in [2.75, 3.05) is 0 Å². The Kier molecular flexibility index (Phi) is 3.72. The molecular formula is C16H15FN4O. The van der Waals surface area contributed by atoms with Gasteiger partial charge < -0.3 is 0 Å². The van der Waals surface area contributed by atoms with Crippen molar-refractivity contribution in [1.29, 1.82) is 5.26 Å². The Morgan fingerprint density at radius 1 is 1.41 bits per heavy atom. The molecular weight excluding hydrogens is 283 g/mol. The molecule has 0 aliphatic heterocycles. The number of hydrogen-bond acceptors (Lipinski definition) is 4. The fraction of sp³-hybridized carbons (Fsp3) is 0.375. The summed E-state index contributed by atoms with van der Waals surface area (Å²) in [4.78, 5) is 20.3. The number of aromatic nitrogens is 3. The van der Waals surface area contributed by atoms with E-state index in [1.807, 2.05) is 0 Å². The van der Waals surface area contributed by atoms with Crippen LogP contribution < -0.4 is 5.56 Å². The van der Waals surface area contributed by atoms with Gasteiger partial charge in [-0.05, 0) is 18.9 Å². The van der Waals surface area contributed by atoms with Crippen molar-refractivity contribution in [2.24, 2.45) is 13.0 Å². The van der Waals surface area contributed by atoms with Crippen molar-refractivity contribution in [1.82, 2.24) is 14.5 Å². The van der Waals surface area contributed by atoms with Gasteiger partial charge in [0.1, 0.15) is 5.82 Å². The summed E-state index contributed by atoms with van der Waals surface area (Å²) in [6, 6.07) is 6.55. The first-order valence-electron chi connectivity index (χ1n) is 7.19. The first-order valence-corrected chi connectivity index (χ1v) is 7.19. The SMILES string of the molecule is Cn1c([C@H]2CCCC2C#N)nc(-c2ccnc(F)c2)cc1=O. The van der Waals surface area contributed by atoms with Gasteiger partial charge in [0, 0.05) is 36.9 Å². The summed E-state index contributed by atoms with van der Waals surface area (Å²) < 4.78 is 14.8. The van der Waals surface area contributed by atoms with Crippen LogP contribution >= 0.6 is 0 Å². The number of nitrogens with zero attached hydrogens (tertiary/aromatic N) is 4. The van der Waals surface area contributed by atoms with Gasteiger partial charge in [-0.2, -0.15) is 9.65 Å². The minimum Gasteiger partial charge on any atom is -0.300 e. The van der Waals surface area contributed by atoms with E-state index in [0.717, 1.165) is 19.3 Å². The van der Waals surface area contributed by atoms with E-state index in [2.05, 4.69) is 16.0 Å². The van der Waals surface area contributed by atoms with Crippen molar-refractivity contribution >= 4 is 0 Å². The molecule has 22 heavy (non-hydrogen) atoms. The molecule has 1 aliphatic carbocycles. The number of pyridine rings is 1. The Hall–Kier alpha value is -2.55. The van der Waals surface area contributed by atoms with Gasteiger partial charge in [-0.1, -0.05) is 6.42 Å². The second kappa shape index (κ2) is 5.68. The molecule has 1 fully saturated rings. The van der Waals surface area contributed by atoms with Gasteiger partial charge in [-0.25, -0.2) is 9.97 Å². The lowest BCUT2D eigenvalue weighted by Gasteiger charge is -2.17. The topological polar surface area (TPSA) is 71.6 Å². The predicted molar refractivity (Wildman–Crippen MR) is 78.4 cm³/mol. The number of rotatable bonds is 2. The maximum Gasteiger partial charge on any atom is 0.253 e. The third-order valence-corrected chi connectivity index (χ3v) is 4.21. The van der Waals surface area contributed by atoms with Gasteiger partial charge in [0.2, 0.25) is 5.95 Å². The second-order valence-corrected chi connectivity index (χ2v) is 5.54. The van der Waals surface area contributed by atoms with Gasteiger partial charge >= 0.3 is 0 Å². The van der Waals surface area contributed by atoms with E-state index < -0.39 is 5.95 Å². The summed E-state index contributed by atoms with van der Waals surface area (Å²) in [5.74, 6) is -0.182. The average Bonchev–Trinajstić information content (AvgIpc) is 2.98. The molecule has 5 nitrogen and oxygen atoms in total. The minimum atomic E-state index is -0.614. The largest absolute Gasteiger partial charge is 0.300 e. The molecule has 3 rings (SSSR count). The lowest BCUT2D eigenvalue weighted by atomic mass is 9.96. The van der Waals surface area contributed by atoms with Crippen LogP contribution in [0, 0.1) is 23.2 Å². The Morgan fingerprint density at radius 3 is 2.95 bits per heavy atom. The molecule has 0 aromatic carbocycles. The number of nitriles is 1. The highest BCUT2D eigenvalue weighted by Crippen LogP contribution is 2.38. The molecule has 2 aromatic rings. The van der Waals surface area contributed by atoms with Crippen LogP contribution in [0.15, 0.2) is 29.2 Å². The van der Waals surface area contributed by atoms with Crippen LogP contribution in [-0.4, -0.2) is 14.5 Å². The van der Waals surface area contributed by atoms with Crippen molar-refractivity contribution in [3.8, 4) is 17.3 Å². The van der Waals surface area contributed by atoms with E-state index in [9.17, 15) is 14.4 Å². The Labute approximate surface area is 127 Å². The normalized spacial score (nSPS) is 20.8. The van der Waals surface area contributed by atoms with Crippen molar-refractivity contribution < 1.29 is 4.39 Å². The lowest BCUT2D eigenvalue weighted by molar-refractivity contribution is 0.535. The van der Waals surface area contributed by atoms with E-state index in [1.165, 1.54) is 22.9 Å². The summed E-state index contributed by atoms with van der Waals surface area (Å²) >= 11 is 0. The third kappa shape index (κ3) is 2.50.